The topological polar surface area (TPSA) is 111 Å². The van der Waals surface area contributed by atoms with Crippen molar-refractivity contribution < 1.29 is 28.7 Å². The number of anilines is 1. The van der Waals surface area contributed by atoms with Gasteiger partial charge in [0.05, 0.1) is 11.7 Å². The van der Waals surface area contributed by atoms with Gasteiger partial charge in [0.15, 0.2) is 6.61 Å². The zero-order valence-corrected chi connectivity index (χ0v) is 19.8. The van der Waals surface area contributed by atoms with Gasteiger partial charge in [-0.1, -0.05) is 17.7 Å². The highest BCUT2D eigenvalue weighted by molar-refractivity contribution is 7.17. The van der Waals surface area contributed by atoms with Gasteiger partial charge in [-0.3, -0.25) is 14.4 Å². The molecule has 1 aliphatic carbocycles. The third-order valence-corrected chi connectivity index (χ3v) is 6.22. The number of nitrogens with one attached hydrogen (secondary N) is 2. The Labute approximate surface area is 196 Å². The minimum atomic E-state index is -0.740. The van der Waals surface area contributed by atoms with Crippen molar-refractivity contribution in [2.75, 3.05) is 18.5 Å². The molecule has 0 saturated heterocycles. The maximum absolute atomic E-state index is 12.7. The molecular formula is C24H28N2O6S. The van der Waals surface area contributed by atoms with E-state index in [-0.39, 0.29) is 12.6 Å². The highest BCUT2D eigenvalue weighted by Crippen LogP contribution is 2.38. The van der Waals surface area contributed by atoms with Crippen LogP contribution in [0.25, 0.3) is 0 Å². The molecule has 0 radical (unpaired) electrons. The predicted molar refractivity (Wildman–Crippen MR) is 125 cm³/mol. The van der Waals surface area contributed by atoms with E-state index in [0.29, 0.717) is 16.1 Å². The summed E-state index contributed by atoms with van der Waals surface area (Å²) in [6, 6.07) is 6.96. The highest BCUT2D eigenvalue weighted by Gasteiger charge is 2.28. The molecule has 3 rings (SSSR count). The van der Waals surface area contributed by atoms with Crippen LogP contribution < -0.4 is 10.6 Å². The largest absolute Gasteiger partial charge is 0.459 e. The van der Waals surface area contributed by atoms with E-state index in [1.807, 2.05) is 13.0 Å². The van der Waals surface area contributed by atoms with E-state index < -0.39 is 30.4 Å². The van der Waals surface area contributed by atoms with Crippen LogP contribution in [0.3, 0.4) is 0 Å². The van der Waals surface area contributed by atoms with Crippen molar-refractivity contribution in [3.63, 3.8) is 0 Å². The van der Waals surface area contributed by atoms with Crippen LogP contribution in [0.5, 0.6) is 0 Å². The molecule has 1 heterocycles. The van der Waals surface area contributed by atoms with Crippen LogP contribution in [0, 0.1) is 6.92 Å². The Morgan fingerprint density at radius 1 is 1.12 bits per heavy atom. The quantitative estimate of drug-likeness (QED) is 0.570. The average Bonchev–Trinajstić information content (AvgIpc) is 3.13. The molecule has 2 N–H and O–H groups in total. The van der Waals surface area contributed by atoms with E-state index in [0.717, 1.165) is 41.7 Å². The Morgan fingerprint density at radius 2 is 1.88 bits per heavy atom. The SMILES string of the molecule is Cc1cccc(C(=O)NCC(=O)OCC(=O)Nc2sc3c(c2C(=O)OC(C)C)CCCC3)c1. The van der Waals surface area contributed by atoms with Crippen molar-refractivity contribution in [2.45, 2.75) is 52.6 Å². The first kappa shape index (κ1) is 24.4. The molecule has 0 spiro atoms. The van der Waals surface area contributed by atoms with Gasteiger partial charge in [0.2, 0.25) is 0 Å². The summed E-state index contributed by atoms with van der Waals surface area (Å²) >= 11 is 1.36. The van der Waals surface area contributed by atoms with Crippen molar-refractivity contribution in [1.82, 2.24) is 5.32 Å². The molecular weight excluding hydrogens is 444 g/mol. The lowest BCUT2D eigenvalue weighted by Gasteiger charge is -2.14. The fraction of sp³-hybridized carbons (Fsp3) is 0.417. The minimum absolute atomic E-state index is 0.281. The molecule has 0 saturated carbocycles. The van der Waals surface area contributed by atoms with Gasteiger partial charge in [-0.2, -0.15) is 0 Å². The first-order valence-corrected chi connectivity index (χ1v) is 11.7. The number of hydrogen-bond acceptors (Lipinski definition) is 7. The number of fused-ring (bicyclic) bond motifs is 1. The molecule has 0 fully saturated rings. The van der Waals surface area contributed by atoms with Gasteiger partial charge in [-0.25, -0.2) is 4.79 Å². The number of amides is 2. The molecule has 2 amide bonds. The fourth-order valence-corrected chi connectivity index (χ4v) is 4.84. The zero-order chi connectivity index (χ0) is 24.0. The number of hydrogen-bond donors (Lipinski definition) is 2. The van der Waals surface area contributed by atoms with Gasteiger partial charge < -0.3 is 20.1 Å². The highest BCUT2D eigenvalue weighted by atomic mass is 32.1. The monoisotopic (exact) mass is 472 g/mol. The lowest BCUT2D eigenvalue weighted by Crippen LogP contribution is -2.32. The summed E-state index contributed by atoms with van der Waals surface area (Å²) in [5.41, 5.74) is 2.69. The van der Waals surface area contributed by atoms with Crippen LogP contribution in [0.2, 0.25) is 0 Å². The van der Waals surface area contributed by atoms with Crippen molar-refractivity contribution in [1.29, 1.82) is 0 Å². The molecule has 0 atom stereocenters. The Hall–Kier alpha value is -3.20. The molecule has 9 heteroatoms. The van der Waals surface area contributed by atoms with Crippen molar-refractivity contribution in [3.05, 3.63) is 51.4 Å². The normalized spacial score (nSPS) is 12.6. The number of ether oxygens (including phenoxy) is 2. The van der Waals surface area contributed by atoms with Gasteiger partial charge in [-0.05, 0) is 64.2 Å². The van der Waals surface area contributed by atoms with E-state index in [1.54, 1.807) is 32.0 Å². The molecule has 8 nitrogen and oxygen atoms in total. The Bertz CT molecular complexity index is 1060. The second-order valence-corrected chi connectivity index (χ2v) is 9.24. The first-order valence-electron chi connectivity index (χ1n) is 10.9. The summed E-state index contributed by atoms with van der Waals surface area (Å²) in [5.74, 6) is -2.17. The van der Waals surface area contributed by atoms with Crippen LogP contribution in [-0.4, -0.2) is 43.0 Å². The molecule has 0 unspecified atom stereocenters. The number of benzene rings is 1. The fourth-order valence-electron chi connectivity index (χ4n) is 3.54. The summed E-state index contributed by atoms with van der Waals surface area (Å²) in [6.07, 6.45) is 3.35. The van der Waals surface area contributed by atoms with Gasteiger partial charge in [0.1, 0.15) is 11.5 Å². The Morgan fingerprint density at radius 3 is 2.61 bits per heavy atom. The molecule has 1 aliphatic rings. The minimum Gasteiger partial charge on any atom is -0.459 e. The zero-order valence-electron chi connectivity index (χ0n) is 19.0. The van der Waals surface area contributed by atoms with Crippen LogP contribution >= 0.6 is 11.3 Å². The average molecular weight is 473 g/mol. The van der Waals surface area contributed by atoms with Crippen molar-refractivity contribution in [3.8, 4) is 0 Å². The summed E-state index contributed by atoms with van der Waals surface area (Å²) in [4.78, 5) is 50.2. The number of carbonyl (C=O) groups is 4. The first-order chi connectivity index (χ1) is 15.7. The van der Waals surface area contributed by atoms with E-state index in [9.17, 15) is 19.2 Å². The third-order valence-electron chi connectivity index (χ3n) is 5.01. The molecule has 33 heavy (non-hydrogen) atoms. The van der Waals surface area contributed by atoms with Crippen LogP contribution in [0.15, 0.2) is 24.3 Å². The molecule has 0 aliphatic heterocycles. The van der Waals surface area contributed by atoms with Gasteiger partial charge >= 0.3 is 11.9 Å². The molecule has 1 aromatic carbocycles. The number of thiophene rings is 1. The third kappa shape index (κ3) is 6.64. The summed E-state index contributed by atoms with van der Waals surface area (Å²) < 4.78 is 10.3. The molecule has 1 aromatic heterocycles. The summed E-state index contributed by atoms with van der Waals surface area (Å²) in [6.45, 7) is 4.51. The number of rotatable bonds is 8. The Kier molecular flexibility index (Phi) is 8.21. The summed E-state index contributed by atoms with van der Waals surface area (Å²) in [5, 5.41) is 5.58. The van der Waals surface area contributed by atoms with E-state index in [4.69, 9.17) is 9.47 Å². The van der Waals surface area contributed by atoms with Gasteiger partial charge in [0, 0.05) is 10.4 Å². The van der Waals surface area contributed by atoms with Crippen molar-refractivity contribution in [2.24, 2.45) is 0 Å². The molecule has 0 bridgehead atoms. The van der Waals surface area contributed by atoms with E-state index in [2.05, 4.69) is 10.6 Å². The van der Waals surface area contributed by atoms with Crippen LogP contribution in [0.4, 0.5) is 5.00 Å². The summed E-state index contributed by atoms with van der Waals surface area (Å²) in [7, 11) is 0. The van der Waals surface area contributed by atoms with E-state index >= 15 is 0 Å². The molecule has 2 aromatic rings. The van der Waals surface area contributed by atoms with Gasteiger partial charge in [-0.15, -0.1) is 11.3 Å². The predicted octanol–water partition coefficient (Wildman–Crippen LogP) is 3.41. The van der Waals surface area contributed by atoms with Crippen LogP contribution in [0.1, 0.15) is 63.4 Å². The second-order valence-electron chi connectivity index (χ2n) is 8.13. The second kappa shape index (κ2) is 11.1. The smallest absolute Gasteiger partial charge is 0.341 e. The number of aryl methyl sites for hydroxylation is 2. The lowest BCUT2D eigenvalue weighted by atomic mass is 9.95. The standard InChI is InChI=1S/C24H28N2O6S/c1-14(2)32-24(30)21-17-9-4-5-10-18(17)33-23(21)26-19(27)13-31-20(28)12-25-22(29)16-8-6-7-15(3)11-16/h6-8,11,14H,4-5,9-10,12-13H2,1-3H3,(H,25,29)(H,26,27). The maximum Gasteiger partial charge on any atom is 0.341 e. The van der Waals surface area contributed by atoms with E-state index in [1.165, 1.54) is 11.3 Å². The Balaban J connectivity index is 1.55. The van der Waals surface area contributed by atoms with Gasteiger partial charge in [0.25, 0.3) is 11.8 Å². The lowest BCUT2D eigenvalue weighted by molar-refractivity contribution is -0.146. The van der Waals surface area contributed by atoms with Crippen LogP contribution in [-0.2, 0) is 31.9 Å². The number of esters is 2. The molecule has 176 valence electrons. The number of carbonyl (C=O) groups excluding carboxylic acids is 4. The maximum atomic E-state index is 12.7. The van der Waals surface area contributed by atoms with Crippen molar-refractivity contribution >= 4 is 40.1 Å².